The molecule has 7 heteroatoms. The van der Waals surface area contributed by atoms with Gasteiger partial charge in [-0.1, -0.05) is 24.8 Å². The molecule has 1 amide bonds. The first-order valence-electron chi connectivity index (χ1n) is 7.63. The molecule has 0 aliphatic heterocycles. The molecule has 0 spiro atoms. The van der Waals surface area contributed by atoms with E-state index in [9.17, 15) is 4.79 Å². The van der Waals surface area contributed by atoms with Gasteiger partial charge in [-0.2, -0.15) is 5.10 Å². The fraction of sp³-hybridized carbons (Fsp3) is 0.0556. The molecule has 0 aliphatic rings. The maximum atomic E-state index is 12.3. The van der Waals surface area contributed by atoms with E-state index >= 15 is 0 Å². The topological polar surface area (TPSA) is 96.8 Å². The van der Waals surface area contributed by atoms with E-state index in [2.05, 4.69) is 27.4 Å². The molecule has 126 valence electrons. The molecule has 2 heterocycles. The van der Waals surface area contributed by atoms with Crippen LogP contribution in [0.4, 0.5) is 5.69 Å². The van der Waals surface area contributed by atoms with Crippen LogP contribution in [-0.2, 0) is 0 Å². The third-order valence-corrected chi connectivity index (χ3v) is 3.52. The minimum absolute atomic E-state index is 0.261. The Morgan fingerprint density at radius 1 is 1.24 bits per heavy atom. The number of fused-ring (bicyclic) bond motifs is 1. The summed E-state index contributed by atoms with van der Waals surface area (Å²) in [5.41, 5.74) is 11.4. The molecule has 1 aromatic carbocycles. The van der Waals surface area contributed by atoms with Crippen molar-refractivity contribution in [3.05, 3.63) is 78.5 Å². The molecule has 0 saturated heterocycles. The van der Waals surface area contributed by atoms with Crippen molar-refractivity contribution in [2.45, 2.75) is 6.92 Å². The Hall–Kier alpha value is -3.61. The van der Waals surface area contributed by atoms with Gasteiger partial charge < -0.3 is 15.5 Å². The summed E-state index contributed by atoms with van der Waals surface area (Å²) in [6.07, 6.45) is 3.54. The number of carbonyl (C=O) groups is 1. The van der Waals surface area contributed by atoms with Crippen molar-refractivity contribution >= 4 is 23.0 Å². The first-order valence-corrected chi connectivity index (χ1v) is 7.63. The lowest BCUT2D eigenvalue weighted by molar-refractivity contribution is 0.102. The number of hydrazone groups is 1. The van der Waals surface area contributed by atoms with Crippen LogP contribution >= 0.6 is 0 Å². The molecule has 0 radical (unpaired) electrons. The molecular formula is C18H18N6O. The average Bonchev–Trinajstić information content (AvgIpc) is 3.04. The Labute approximate surface area is 144 Å². The van der Waals surface area contributed by atoms with Crippen molar-refractivity contribution in [2.24, 2.45) is 10.8 Å². The van der Waals surface area contributed by atoms with Gasteiger partial charge in [0, 0.05) is 18.1 Å². The van der Waals surface area contributed by atoms with Crippen molar-refractivity contribution in [3.63, 3.8) is 0 Å². The standard InChI is InChI=1S/C18H18N6O/c1-12(22-23-13(2)19)14-6-8-15(9-7-14)20-18(25)16-11-24-10-4-3-5-17(24)21-16/h3-11,23H,2,19H2,1H3,(H,20,25)/b22-12+. The number of aromatic nitrogens is 2. The Morgan fingerprint density at radius 3 is 2.68 bits per heavy atom. The SMILES string of the molecule is C=C(N)N/N=C(\C)c1ccc(NC(=O)c2cn3ccccc3n2)cc1. The van der Waals surface area contributed by atoms with Gasteiger partial charge in [0.1, 0.15) is 17.2 Å². The Bertz CT molecular complexity index is 922. The molecule has 0 atom stereocenters. The minimum atomic E-state index is -0.261. The highest BCUT2D eigenvalue weighted by atomic mass is 16.1. The van der Waals surface area contributed by atoms with E-state index in [1.165, 1.54) is 0 Å². The van der Waals surface area contributed by atoms with Crippen LogP contribution in [0, 0.1) is 0 Å². The van der Waals surface area contributed by atoms with E-state index in [1.807, 2.05) is 43.5 Å². The van der Waals surface area contributed by atoms with Gasteiger partial charge in [-0.05, 0) is 36.8 Å². The van der Waals surface area contributed by atoms with Gasteiger partial charge in [-0.3, -0.25) is 10.2 Å². The summed E-state index contributed by atoms with van der Waals surface area (Å²) < 4.78 is 1.80. The number of amides is 1. The summed E-state index contributed by atoms with van der Waals surface area (Å²) in [5.74, 6) is 0.0126. The zero-order valence-electron chi connectivity index (χ0n) is 13.7. The van der Waals surface area contributed by atoms with Gasteiger partial charge in [-0.25, -0.2) is 4.98 Å². The first kappa shape index (κ1) is 16.3. The molecule has 0 saturated carbocycles. The molecule has 0 bridgehead atoms. The lowest BCUT2D eigenvalue weighted by atomic mass is 10.1. The van der Waals surface area contributed by atoms with Crippen LogP contribution in [0.2, 0.25) is 0 Å². The van der Waals surface area contributed by atoms with Crippen LogP contribution in [-0.4, -0.2) is 21.0 Å². The van der Waals surface area contributed by atoms with Crippen molar-refractivity contribution in [2.75, 3.05) is 5.32 Å². The average molecular weight is 334 g/mol. The first-order chi connectivity index (χ1) is 12.0. The fourth-order valence-electron chi connectivity index (χ4n) is 2.25. The van der Waals surface area contributed by atoms with Crippen LogP contribution in [0.1, 0.15) is 23.0 Å². The number of nitrogens with two attached hydrogens (primary N) is 1. The number of imidazole rings is 1. The summed E-state index contributed by atoms with van der Waals surface area (Å²) in [5, 5.41) is 6.93. The monoisotopic (exact) mass is 334 g/mol. The van der Waals surface area contributed by atoms with Gasteiger partial charge in [0.15, 0.2) is 0 Å². The zero-order valence-corrected chi connectivity index (χ0v) is 13.7. The predicted molar refractivity (Wildman–Crippen MR) is 98.3 cm³/mol. The molecule has 0 aliphatic carbocycles. The number of anilines is 1. The Balaban J connectivity index is 1.71. The molecule has 25 heavy (non-hydrogen) atoms. The summed E-state index contributed by atoms with van der Waals surface area (Å²) in [6, 6.07) is 12.9. The van der Waals surface area contributed by atoms with Crippen molar-refractivity contribution < 1.29 is 4.79 Å². The number of pyridine rings is 1. The lowest BCUT2D eigenvalue weighted by Gasteiger charge is -2.06. The van der Waals surface area contributed by atoms with Crippen molar-refractivity contribution in [1.29, 1.82) is 0 Å². The highest BCUT2D eigenvalue weighted by Crippen LogP contribution is 2.12. The molecule has 4 N–H and O–H groups in total. The van der Waals surface area contributed by atoms with Crippen LogP contribution in [0.3, 0.4) is 0 Å². The van der Waals surface area contributed by atoms with E-state index in [4.69, 9.17) is 5.73 Å². The molecule has 3 rings (SSSR count). The quantitative estimate of drug-likeness (QED) is 0.493. The van der Waals surface area contributed by atoms with Gasteiger partial charge in [0.25, 0.3) is 5.91 Å². The highest BCUT2D eigenvalue weighted by Gasteiger charge is 2.11. The summed E-state index contributed by atoms with van der Waals surface area (Å²) in [6.45, 7) is 5.36. The van der Waals surface area contributed by atoms with Crippen LogP contribution in [0.15, 0.2) is 72.4 Å². The van der Waals surface area contributed by atoms with Crippen LogP contribution in [0.5, 0.6) is 0 Å². The number of hydrogen-bond acceptors (Lipinski definition) is 5. The summed E-state index contributed by atoms with van der Waals surface area (Å²) >= 11 is 0. The van der Waals surface area contributed by atoms with E-state index in [0.717, 1.165) is 16.9 Å². The number of benzene rings is 1. The number of rotatable bonds is 5. The van der Waals surface area contributed by atoms with Crippen molar-refractivity contribution in [1.82, 2.24) is 14.8 Å². The van der Waals surface area contributed by atoms with Crippen molar-refractivity contribution in [3.8, 4) is 0 Å². The van der Waals surface area contributed by atoms with Crippen LogP contribution < -0.4 is 16.5 Å². The van der Waals surface area contributed by atoms with Gasteiger partial charge in [-0.15, -0.1) is 0 Å². The summed E-state index contributed by atoms with van der Waals surface area (Å²) in [7, 11) is 0. The number of nitrogens with one attached hydrogen (secondary N) is 2. The second kappa shape index (κ2) is 6.88. The smallest absolute Gasteiger partial charge is 0.275 e. The van der Waals surface area contributed by atoms with Crippen LogP contribution in [0.25, 0.3) is 5.65 Å². The van der Waals surface area contributed by atoms with Gasteiger partial charge >= 0.3 is 0 Å². The van der Waals surface area contributed by atoms with E-state index < -0.39 is 0 Å². The maximum absolute atomic E-state index is 12.3. The van der Waals surface area contributed by atoms with Gasteiger partial charge in [0.05, 0.1) is 5.71 Å². The highest BCUT2D eigenvalue weighted by molar-refractivity contribution is 6.04. The summed E-state index contributed by atoms with van der Waals surface area (Å²) in [4.78, 5) is 16.6. The minimum Gasteiger partial charge on any atom is -0.385 e. The third kappa shape index (κ3) is 3.84. The molecule has 2 aromatic heterocycles. The Kier molecular flexibility index (Phi) is 4.47. The molecule has 0 fully saturated rings. The second-order valence-electron chi connectivity index (χ2n) is 5.46. The maximum Gasteiger partial charge on any atom is 0.275 e. The lowest BCUT2D eigenvalue weighted by Crippen LogP contribution is -2.15. The van der Waals surface area contributed by atoms with E-state index in [0.29, 0.717) is 11.4 Å². The number of hydrogen-bond donors (Lipinski definition) is 3. The largest absolute Gasteiger partial charge is 0.385 e. The Morgan fingerprint density at radius 2 is 2.00 bits per heavy atom. The predicted octanol–water partition coefficient (Wildman–Crippen LogP) is 2.33. The second-order valence-corrected chi connectivity index (χ2v) is 5.46. The van der Waals surface area contributed by atoms with E-state index in [-0.39, 0.29) is 11.7 Å². The molecule has 0 unspecified atom stereocenters. The molecule has 7 nitrogen and oxygen atoms in total. The number of nitrogens with zero attached hydrogens (tertiary/aromatic N) is 3. The molecular weight excluding hydrogens is 316 g/mol. The van der Waals surface area contributed by atoms with Gasteiger partial charge in [0.2, 0.25) is 0 Å². The fourth-order valence-corrected chi connectivity index (χ4v) is 2.25. The normalized spacial score (nSPS) is 11.3. The number of carbonyl (C=O) groups excluding carboxylic acids is 1. The third-order valence-electron chi connectivity index (χ3n) is 3.52. The van der Waals surface area contributed by atoms with E-state index in [1.54, 1.807) is 22.7 Å². The zero-order chi connectivity index (χ0) is 17.8. The molecule has 3 aromatic rings.